The molecule has 3 aromatic carbocycles. The molecule has 1 aliphatic heterocycles. The van der Waals surface area contributed by atoms with Crippen molar-refractivity contribution in [1.82, 2.24) is 0 Å². The van der Waals surface area contributed by atoms with Crippen LogP contribution in [0.2, 0.25) is 0 Å². The van der Waals surface area contributed by atoms with Crippen molar-refractivity contribution in [2.45, 2.75) is 19.4 Å². The number of benzene rings is 3. The summed E-state index contributed by atoms with van der Waals surface area (Å²) in [6.45, 7) is 2.38. The number of hydrogen-bond donors (Lipinski definition) is 1. The molecule has 4 nitrogen and oxygen atoms in total. The minimum absolute atomic E-state index is 0.101. The lowest BCUT2D eigenvalue weighted by atomic mass is 10.0. The first-order chi connectivity index (χ1) is 13.6. The minimum atomic E-state index is -0.128. The van der Waals surface area contributed by atoms with Crippen LogP contribution in [0.1, 0.15) is 28.4 Å². The van der Waals surface area contributed by atoms with Crippen LogP contribution >= 0.6 is 0 Å². The molecule has 28 heavy (non-hydrogen) atoms. The molecule has 140 valence electrons. The average molecular weight is 370 g/mol. The Morgan fingerprint density at radius 3 is 2.43 bits per heavy atom. The molecule has 0 saturated heterocycles. The van der Waals surface area contributed by atoms with Crippen LogP contribution in [0, 0.1) is 0 Å². The zero-order valence-corrected chi connectivity index (χ0v) is 15.8. The smallest absolute Gasteiger partial charge is 0.243 e. The lowest BCUT2D eigenvalue weighted by Gasteiger charge is -2.24. The number of amides is 1. The number of rotatable bonds is 5. The van der Waals surface area contributed by atoms with Crippen LogP contribution in [0.25, 0.3) is 0 Å². The van der Waals surface area contributed by atoms with Gasteiger partial charge in [-0.25, -0.2) is 0 Å². The molecule has 0 fully saturated rings. The molecule has 0 aromatic heterocycles. The highest BCUT2D eigenvalue weighted by Crippen LogP contribution is 2.31. The van der Waals surface area contributed by atoms with Crippen LogP contribution in [0.15, 0.2) is 78.9 Å². The van der Waals surface area contributed by atoms with Crippen molar-refractivity contribution in [2.24, 2.45) is 0 Å². The largest absolute Gasteiger partial charge is 0.359 e. The summed E-state index contributed by atoms with van der Waals surface area (Å²) in [5, 5.41) is 2.94. The summed E-state index contributed by atoms with van der Waals surface area (Å²) in [6.07, 6.45) is 0.937. The molecule has 1 aliphatic rings. The van der Waals surface area contributed by atoms with E-state index in [1.165, 1.54) is 5.56 Å². The first-order valence-electron chi connectivity index (χ1n) is 9.46. The van der Waals surface area contributed by atoms with Crippen molar-refractivity contribution in [3.63, 3.8) is 0 Å². The number of ketones is 1. The number of nitrogens with one attached hydrogen (secondary N) is 1. The molecular formula is C24H22N2O2. The molecule has 0 spiro atoms. The van der Waals surface area contributed by atoms with Crippen LogP contribution in [0.5, 0.6) is 0 Å². The van der Waals surface area contributed by atoms with Crippen molar-refractivity contribution in [3.05, 3.63) is 95.6 Å². The maximum Gasteiger partial charge on any atom is 0.243 e. The normalized spacial score (nSPS) is 15.2. The number of carbonyl (C=O) groups is 2. The van der Waals surface area contributed by atoms with Gasteiger partial charge in [0, 0.05) is 22.9 Å². The van der Waals surface area contributed by atoms with Gasteiger partial charge in [0.05, 0.1) is 12.2 Å². The molecule has 1 atom stereocenters. The van der Waals surface area contributed by atoms with Crippen molar-refractivity contribution in [3.8, 4) is 0 Å². The van der Waals surface area contributed by atoms with E-state index in [0.717, 1.165) is 12.1 Å². The summed E-state index contributed by atoms with van der Waals surface area (Å²) in [6, 6.07) is 24.7. The molecule has 1 N–H and O–H groups in total. The van der Waals surface area contributed by atoms with Crippen molar-refractivity contribution < 1.29 is 9.59 Å². The van der Waals surface area contributed by atoms with Gasteiger partial charge >= 0.3 is 0 Å². The van der Waals surface area contributed by atoms with Crippen LogP contribution in [-0.2, 0) is 11.2 Å². The third-order valence-electron chi connectivity index (χ3n) is 5.14. The van der Waals surface area contributed by atoms with Gasteiger partial charge < -0.3 is 10.2 Å². The standard InChI is InChI=1S/C24H22N2O2/c1-17-15-19-11-5-8-14-22(19)26(17)16-23(27)25-21-13-7-6-12-20(21)24(28)18-9-3-2-4-10-18/h2-14,17H,15-16H2,1H3,(H,25,27)/t17-/m0/s1. The maximum atomic E-state index is 12.8. The Labute approximate surface area is 164 Å². The average Bonchev–Trinajstić information content (AvgIpc) is 3.04. The third-order valence-corrected chi connectivity index (χ3v) is 5.14. The van der Waals surface area contributed by atoms with E-state index in [2.05, 4.69) is 29.3 Å². The van der Waals surface area contributed by atoms with E-state index in [1.807, 2.05) is 42.5 Å². The lowest BCUT2D eigenvalue weighted by molar-refractivity contribution is -0.115. The zero-order valence-electron chi connectivity index (χ0n) is 15.8. The fraction of sp³-hybridized carbons (Fsp3) is 0.167. The SMILES string of the molecule is C[C@H]1Cc2ccccc2N1CC(=O)Nc1ccccc1C(=O)c1ccccc1. The van der Waals surface area contributed by atoms with Gasteiger partial charge in [0.1, 0.15) is 0 Å². The molecule has 4 heteroatoms. The van der Waals surface area contributed by atoms with E-state index in [0.29, 0.717) is 16.8 Å². The molecule has 0 radical (unpaired) electrons. The van der Waals surface area contributed by atoms with Crippen LogP contribution in [0.4, 0.5) is 11.4 Å². The molecule has 4 rings (SSSR count). The monoisotopic (exact) mass is 370 g/mol. The first-order valence-corrected chi connectivity index (χ1v) is 9.46. The molecule has 0 saturated carbocycles. The highest BCUT2D eigenvalue weighted by atomic mass is 16.2. The molecule has 0 aliphatic carbocycles. The fourth-order valence-electron chi connectivity index (χ4n) is 3.75. The Balaban J connectivity index is 1.52. The summed E-state index contributed by atoms with van der Waals surface area (Å²) in [5.74, 6) is -0.228. The number of fused-ring (bicyclic) bond motifs is 1. The predicted molar refractivity (Wildman–Crippen MR) is 112 cm³/mol. The summed E-state index contributed by atoms with van der Waals surface area (Å²) in [5.41, 5.74) is 4.02. The van der Waals surface area contributed by atoms with Crippen LogP contribution in [-0.4, -0.2) is 24.3 Å². The maximum absolute atomic E-state index is 12.8. The van der Waals surface area contributed by atoms with E-state index in [-0.39, 0.29) is 24.3 Å². The molecule has 0 unspecified atom stereocenters. The molecule has 3 aromatic rings. The van der Waals surface area contributed by atoms with Crippen molar-refractivity contribution in [1.29, 1.82) is 0 Å². The minimum Gasteiger partial charge on any atom is -0.359 e. The Morgan fingerprint density at radius 1 is 0.929 bits per heavy atom. The van der Waals surface area contributed by atoms with Gasteiger partial charge in [-0.2, -0.15) is 0 Å². The summed E-state index contributed by atoms with van der Waals surface area (Å²) in [4.78, 5) is 27.7. The second kappa shape index (κ2) is 7.69. The van der Waals surface area contributed by atoms with Crippen LogP contribution in [0.3, 0.4) is 0 Å². The fourth-order valence-corrected chi connectivity index (χ4v) is 3.75. The molecular weight excluding hydrogens is 348 g/mol. The zero-order chi connectivity index (χ0) is 19.5. The highest BCUT2D eigenvalue weighted by molar-refractivity contribution is 6.14. The summed E-state index contributed by atoms with van der Waals surface area (Å²) < 4.78 is 0. The second-order valence-electron chi connectivity index (χ2n) is 7.10. The second-order valence-corrected chi connectivity index (χ2v) is 7.10. The quantitative estimate of drug-likeness (QED) is 0.681. The van der Waals surface area contributed by atoms with Crippen LogP contribution < -0.4 is 10.2 Å². The Kier molecular flexibility index (Phi) is 4.94. The van der Waals surface area contributed by atoms with Crippen molar-refractivity contribution in [2.75, 3.05) is 16.8 Å². The van der Waals surface area contributed by atoms with Crippen molar-refractivity contribution >= 4 is 23.1 Å². The third kappa shape index (κ3) is 3.54. The van der Waals surface area contributed by atoms with Gasteiger partial charge in [0.2, 0.25) is 5.91 Å². The van der Waals surface area contributed by atoms with E-state index in [4.69, 9.17) is 0 Å². The van der Waals surface area contributed by atoms with Gasteiger partial charge in [-0.05, 0) is 37.1 Å². The number of hydrogen-bond acceptors (Lipinski definition) is 3. The number of nitrogens with zero attached hydrogens (tertiary/aromatic N) is 1. The number of para-hydroxylation sites is 2. The van der Waals surface area contributed by atoms with E-state index in [9.17, 15) is 9.59 Å². The first kappa shape index (κ1) is 18.0. The lowest BCUT2D eigenvalue weighted by Crippen LogP contribution is -2.37. The Morgan fingerprint density at radius 2 is 1.61 bits per heavy atom. The van der Waals surface area contributed by atoms with Gasteiger partial charge in [-0.1, -0.05) is 60.7 Å². The number of anilines is 2. The Hall–Kier alpha value is -3.40. The molecule has 1 amide bonds. The van der Waals surface area contributed by atoms with E-state index < -0.39 is 0 Å². The van der Waals surface area contributed by atoms with Gasteiger partial charge in [-0.3, -0.25) is 9.59 Å². The number of carbonyl (C=O) groups excluding carboxylic acids is 2. The predicted octanol–water partition coefficient (Wildman–Crippen LogP) is 4.31. The summed E-state index contributed by atoms with van der Waals surface area (Å²) in [7, 11) is 0. The topological polar surface area (TPSA) is 49.4 Å². The van der Waals surface area contributed by atoms with E-state index in [1.54, 1.807) is 24.3 Å². The molecule has 0 bridgehead atoms. The molecule has 1 heterocycles. The van der Waals surface area contributed by atoms with Gasteiger partial charge in [0.15, 0.2) is 5.78 Å². The Bertz CT molecular complexity index is 1010. The van der Waals surface area contributed by atoms with E-state index >= 15 is 0 Å². The highest BCUT2D eigenvalue weighted by Gasteiger charge is 2.27. The van der Waals surface area contributed by atoms with Gasteiger partial charge in [-0.15, -0.1) is 0 Å². The van der Waals surface area contributed by atoms with Gasteiger partial charge in [0.25, 0.3) is 0 Å². The summed E-state index contributed by atoms with van der Waals surface area (Å²) >= 11 is 0.